The number of amides is 1. The zero-order valence-electron chi connectivity index (χ0n) is 16.3. The van der Waals surface area contributed by atoms with Gasteiger partial charge in [-0.2, -0.15) is 0 Å². The fraction of sp³-hybridized carbons (Fsp3) is 0.273. The second kappa shape index (κ2) is 8.71. The minimum absolute atomic E-state index is 0.0842. The summed E-state index contributed by atoms with van der Waals surface area (Å²) in [6.07, 6.45) is 1.46. The first-order valence-corrected chi connectivity index (χ1v) is 9.36. The monoisotopic (exact) mass is 379 g/mol. The van der Waals surface area contributed by atoms with Gasteiger partial charge in [-0.15, -0.1) is 0 Å². The minimum Gasteiger partial charge on any atom is -0.494 e. The average molecular weight is 379 g/mol. The standard InChI is InChI=1S/C22H25N3O3/c1-4-28-17-8-9-20-18(11-17)21(26)19(13-24-20)22(27)25-12-15-6-5-7-16(10-15)14(2)23-3/h5-11,13-14,23H,4,12H2,1-3H3,(H,24,26)(H,25,27). The molecule has 1 amide bonds. The number of H-pyrrole nitrogens is 1. The van der Waals surface area contributed by atoms with Crippen molar-refractivity contribution in [3.05, 3.63) is 75.6 Å². The van der Waals surface area contributed by atoms with Crippen LogP contribution in [0, 0.1) is 0 Å². The van der Waals surface area contributed by atoms with E-state index in [1.165, 1.54) is 6.20 Å². The number of carbonyl (C=O) groups is 1. The van der Waals surface area contributed by atoms with E-state index < -0.39 is 5.91 Å². The van der Waals surface area contributed by atoms with Crippen LogP contribution in [0.2, 0.25) is 0 Å². The van der Waals surface area contributed by atoms with E-state index in [1.807, 2.05) is 38.2 Å². The number of fused-ring (bicyclic) bond motifs is 1. The molecule has 0 aliphatic rings. The lowest BCUT2D eigenvalue weighted by Crippen LogP contribution is -2.28. The van der Waals surface area contributed by atoms with Gasteiger partial charge in [-0.05, 0) is 50.2 Å². The molecule has 1 aromatic heterocycles. The highest BCUT2D eigenvalue weighted by molar-refractivity contribution is 5.97. The van der Waals surface area contributed by atoms with Crippen molar-refractivity contribution in [2.45, 2.75) is 26.4 Å². The Morgan fingerprint density at radius 2 is 2.04 bits per heavy atom. The summed E-state index contributed by atoms with van der Waals surface area (Å²) in [4.78, 5) is 28.4. The highest BCUT2D eigenvalue weighted by atomic mass is 16.5. The summed E-state index contributed by atoms with van der Waals surface area (Å²) >= 11 is 0. The molecule has 6 nitrogen and oxygen atoms in total. The summed E-state index contributed by atoms with van der Waals surface area (Å²) in [5.41, 5.74) is 2.55. The predicted octanol–water partition coefficient (Wildman–Crippen LogP) is 3.14. The van der Waals surface area contributed by atoms with E-state index in [9.17, 15) is 9.59 Å². The third-order valence-electron chi connectivity index (χ3n) is 4.75. The van der Waals surface area contributed by atoms with Gasteiger partial charge >= 0.3 is 0 Å². The number of carbonyl (C=O) groups excluding carboxylic acids is 1. The van der Waals surface area contributed by atoms with Gasteiger partial charge in [0.1, 0.15) is 11.3 Å². The lowest BCUT2D eigenvalue weighted by atomic mass is 10.1. The Labute approximate surface area is 163 Å². The third-order valence-corrected chi connectivity index (χ3v) is 4.75. The van der Waals surface area contributed by atoms with Gasteiger partial charge in [0.05, 0.1) is 6.61 Å². The van der Waals surface area contributed by atoms with Gasteiger partial charge in [-0.3, -0.25) is 9.59 Å². The maximum Gasteiger partial charge on any atom is 0.257 e. The van der Waals surface area contributed by atoms with Crippen LogP contribution in [-0.2, 0) is 6.54 Å². The summed E-state index contributed by atoms with van der Waals surface area (Å²) < 4.78 is 5.46. The highest BCUT2D eigenvalue weighted by Crippen LogP contribution is 2.17. The normalized spacial score (nSPS) is 12.0. The van der Waals surface area contributed by atoms with Crippen LogP contribution in [0.1, 0.15) is 41.4 Å². The van der Waals surface area contributed by atoms with Crippen LogP contribution in [0.25, 0.3) is 10.9 Å². The van der Waals surface area contributed by atoms with Crippen molar-refractivity contribution < 1.29 is 9.53 Å². The van der Waals surface area contributed by atoms with Crippen molar-refractivity contribution in [1.29, 1.82) is 0 Å². The fourth-order valence-electron chi connectivity index (χ4n) is 3.04. The van der Waals surface area contributed by atoms with Crippen LogP contribution in [0.15, 0.2) is 53.5 Å². The molecular weight excluding hydrogens is 354 g/mol. The van der Waals surface area contributed by atoms with Crippen molar-refractivity contribution in [3.8, 4) is 5.75 Å². The van der Waals surface area contributed by atoms with E-state index in [1.54, 1.807) is 18.2 Å². The second-order valence-corrected chi connectivity index (χ2v) is 6.61. The molecule has 1 atom stereocenters. The molecule has 0 aliphatic heterocycles. The second-order valence-electron chi connectivity index (χ2n) is 6.61. The molecule has 6 heteroatoms. The van der Waals surface area contributed by atoms with Gasteiger partial charge in [-0.1, -0.05) is 24.3 Å². The number of hydrogen-bond donors (Lipinski definition) is 3. The van der Waals surface area contributed by atoms with E-state index in [2.05, 4.69) is 22.5 Å². The Morgan fingerprint density at radius 3 is 2.79 bits per heavy atom. The van der Waals surface area contributed by atoms with E-state index in [4.69, 9.17) is 4.74 Å². The topological polar surface area (TPSA) is 83.2 Å². The average Bonchev–Trinajstić information content (AvgIpc) is 2.72. The van der Waals surface area contributed by atoms with Gasteiger partial charge in [0.2, 0.25) is 5.43 Å². The van der Waals surface area contributed by atoms with Crippen LogP contribution in [0.5, 0.6) is 5.75 Å². The lowest BCUT2D eigenvalue weighted by Gasteiger charge is -2.12. The molecule has 0 saturated carbocycles. The zero-order chi connectivity index (χ0) is 20.1. The predicted molar refractivity (Wildman–Crippen MR) is 111 cm³/mol. The van der Waals surface area contributed by atoms with Crippen molar-refractivity contribution in [2.24, 2.45) is 0 Å². The molecule has 1 unspecified atom stereocenters. The molecule has 1 heterocycles. The van der Waals surface area contributed by atoms with Crippen LogP contribution in [0.3, 0.4) is 0 Å². The van der Waals surface area contributed by atoms with E-state index in [-0.39, 0.29) is 17.0 Å². The molecule has 0 fully saturated rings. The summed E-state index contributed by atoms with van der Waals surface area (Å²) in [5, 5.41) is 6.46. The first-order valence-electron chi connectivity index (χ1n) is 9.36. The van der Waals surface area contributed by atoms with Crippen LogP contribution < -0.4 is 20.8 Å². The minimum atomic E-state index is -0.406. The first kappa shape index (κ1) is 19.6. The Morgan fingerprint density at radius 1 is 1.21 bits per heavy atom. The van der Waals surface area contributed by atoms with Gasteiger partial charge in [0.25, 0.3) is 5.91 Å². The SMILES string of the molecule is CCOc1ccc2[nH]cc(C(=O)NCc3cccc(C(C)NC)c3)c(=O)c2c1. The highest BCUT2D eigenvalue weighted by Gasteiger charge is 2.14. The molecule has 0 radical (unpaired) electrons. The maximum atomic E-state index is 12.8. The molecule has 146 valence electrons. The molecule has 2 aromatic carbocycles. The summed E-state index contributed by atoms with van der Waals surface area (Å²) in [7, 11) is 1.90. The van der Waals surface area contributed by atoms with Gasteiger partial charge in [0, 0.05) is 29.7 Å². The number of nitrogens with one attached hydrogen (secondary N) is 3. The van der Waals surface area contributed by atoms with Crippen LogP contribution >= 0.6 is 0 Å². The number of pyridine rings is 1. The van der Waals surface area contributed by atoms with Gasteiger partial charge < -0.3 is 20.4 Å². The third kappa shape index (κ3) is 4.23. The Balaban J connectivity index is 1.80. The molecule has 0 spiro atoms. The number of benzene rings is 2. The molecule has 28 heavy (non-hydrogen) atoms. The van der Waals surface area contributed by atoms with Crippen LogP contribution in [0.4, 0.5) is 0 Å². The summed E-state index contributed by atoms with van der Waals surface area (Å²) in [6, 6.07) is 13.4. The molecule has 3 aromatic rings. The summed E-state index contributed by atoms with van der Waals surface area (Å²) in [5.74, 6) is 0.200. The molecule has 0 bridgehead atoms. The first-order chi connectivity index (χ1) is 13.5. The largest absolute Gasteiger partial charge is 0.494 e. The number of hydrogen-bond acceptors (Lipinski definition) is 4. The summed E-state index contributed by atoms with van der Waals surface area (Å²) in [6.45, 7) is 4.81. The van der Waals surface area contributed by atoms with E-state index in [0.29, 0.717) is 29.8 Å². The van der Waals surface area contributed by atoms with E-state index >= 15 is 0 Å². The lowest BCUT2D eigenvalue weighted by molar-refractivity contribution is 0.0949. The van der Waals surface area contributed by atoms with Crippen molar-refractivity contribution >= 4 is 16.8 Å². The fourth-order valence-corrected chi connectivity index (χ4v) is 3.04. The Hall–Kier alpha value is -3.12. The molecular formula is C22H25N3O3. The Bertz CT molecular complexity index is 1040. The quantitative estimate of drug-likeness (QED) is 0.589. The van der Waals surface area contributed by atoms with Crippen molar-refractivity contribution in [3.63, 3.8) is 0 Å². The molecule has 3 rings (SSSR count). The van der Waals surface area contributed by atoms with Gasteiger partial charge in [-0.25, -0.2) is 0 Å². The Kier molecular flexibility index (Phi) is 6.11. The number of aromatic amines is 1. The zero-order valence-corrected chi connectivity index (χ0v) is 16.3. The number of aromatic nitrogens is 1. The van der Waals surface area contributed by atoms with Gasteiger partial charge in [0.15, 0.2) is 0 Å². The number of ether oxygens (including phenoxy) is 1. The molecule has 0 aliphatic carbocycles. The van der Waals surface area contributed by atoms with Crippen molar-refractivity contribution in [1.82, 2.24) is 15.6 Å². The van der Waals surface area contributed by atoms with Crippen LogP contribution in [-0.4, -0.2) is 24.5 Å². The smallest absolute Gasteiger partial charge is 0.257 e. The number of rotatable bonds is 7. The maximum absolute atomic E-state index is 12.8. The molecule has 3 N–H and O–H groups in total. The van der Waals surface area contributed by atoms with E-state index in [0.717, 1.165) is 11.1 Å². The van der Waals surface area contributed by atoms with Crippen molar-refractivity contribution in [2.75, 3.05) is 13.7 Å². The molecule has 0 saturated heterocycles.